The number of nitrogens with one attached hydrogen (secondary N) is 1. The molecule has 0 unspecified atom stereocenters. The second-order valence-electron chi connectivity index (χ2n) is 3.56. The van der Waals surface area contributed by atoms with E-state index in [2.05, 4.69) is 12.4 Å². The molecule has 0 aliphatic carbocycles. The van der Waals surface area contributed by atoms with Gasteiger partial charge in [-0.1, -0.05) is 13.3 Å². The predicted octanol–water partition coefficient (Wildman–Crippen LogP) is 3.05. The van der Waals surface area contributed by atoms with Crippen LogP contribution in [0.4, 0.5) is 11.4 Å². The Kier molecular flexibility index (Phi) is 4.72. The number of nitro groups is 1. The van der Waals surface area contributed by atoms with E-state index < -0.39 is 4.92 Å². The minimum absolute atomic E-state index is 0.0941. The molecule has 0 aliphatic heterocycles. The van der Waals surface area contributed by atoms with Crippen molar-refractivity contribution in [1.29, 1.82) is 0 Å². The first-order chi connectivity index (χ1) is 7.65. The fourth-order valence-corrected chi connectivity index (χ4v) is 1.22. The molecule has 0 saturated heterocycles. The van der Waals surface area contributed by atoms with E-state index >= 15 is 0 Å². The van der Waals surface area contributed by atoms with Crippen molar-refractivity contribution in [2.75, 3.05) is 12.1 Å². The highest BCUT2D eigenvalue weighted by Crippen LogP contribution is 2.20. The summed E-state index contributed by atoms with van der Waals surface area (Å²) in [5.41, 5.74) is 4.45. The van der Waals surface area contributed by atoms with Crippen LogP contribution in [0.15, 0.2) is 18.2 Å². The highest BCUT2D eigenvalue weighted by Gasteiger charge is 2.07. The summed E-state index contributed by atoms with van der Waals surface area (Å²) in [6.07, 6.45) is 2.06. The topological polar surface area (TPSA) is 64.4 Å². The zero-order valence-electron chi connectivity index (χ0n) is 9.53. The van der Waals surface area contributed by atoms with Gasteiger partial charge in [-0.15, -0.1) is 0 Å². The number of non-ortho nitro benzene ring substituents is 1. The minimum atomic E-state index is -0.408. The van der Waals surface area contributed by atoms with Gasteiger partial charge in [0.1, 0.15) is 0 Å². The molecule has 0 saturated carbocycles. The van der Waals surface area contributed by atoms with Crippen LogP contribution in [0, 0.1) is 17.0 Å². The lowest BCUT2D eigenvalue weighted by atomic mass is 10.2. The molecule has 88 valence electrons. The first-order valence-corrected chi connectivity index (χ1v) is 5.28. The van der Waals surface area contributed by atoms with E-state index in [0.29, 0.717) is 6.61 Å². The average molecular weight is 224 g/mol. The third-order valence-electron chi connectivity index (χ3n) is 2.20. The van der Waals surface area contributed by atoms with E-state index in [4.69, 9.17) is 4.84 Å². The minimum Gasteiger partial charge on any atom is -0.276 e. The van der Waals surface area contributed by atoms with Crippen LogP contribution in [0.2, 0.25) is 0 Å². The van der Waals surface area contributed by atoms with E-state index in [-0.39, 0.29) is 5.69 Å². The summed E-state index contributed by atoms with van der Waals surface area (Å²) in [4.78, 5) is 15.3. The van der Waals surface area contributed by atoms with E-state index in [0.717, 1.165) is 24.1 Å². The molecule has 1 aromatic carbocycles. The highest BCUT2D eigenvalue weighted by atomic mass is 16.6. The van der Waals surface area contributed by atoms with Crippen molar-refractivity contribution in [3.8, 4) is 0 Å². The first-order valence-electron chi connectivity index (χ1n) is 5.28. The second kappa shape index (κ2) is 6.07. The van der Waals surface area contributed by atoms with Crippen molar-refractivity contribution in [3.05, 3.63) is 33.9 Å². The van der Waals surface area contributed by atoms with Gasteiger partial charge in [-0.2, -0.15) is 0 Å². The Hall–Kier alpha value is -1.62. The Morgan fingerprint density at radius 3 is 2.81 bits per heavy atom. The molecule has 1 N–H and O–H groups in total. The maximum Gasteiger partial charge on any atom is 0.269 e. The quantitative estimate of drug-likeness (QED) is 0.458. The van der Waals surface area contributed by atoms with Crippen LogP contribution in [0.25, 0.3) is 0 Å². The molecule has 0 heterocycles. The van der Waals surface area contributed by atoms with E-state index in [1.165, 1.54) is 12.1 Å². The highest BCUT2D eigenvalue weighted by molar-refractivity contribution is 5.54. The third kappa shape index (κ3) is 3.51. The number of hydrogen-bond donors (Lipinski definition) is 1. The average Bonchev–Trinajstić information content (AvgIpc) is 2.26. The summed E-state index contributed by atoms with van der Waals surface area (Å²) in [6, 6.07) is 4.63. The molecule has 1 rings (SSSR count). The molecule has 0 bridgehead atoms. The van der Waals surface area contributed by atoms with Crippen LogP contribution in [0.3, 0.4) is 0 Å². The Labute approximate surface area is 94.5 Å². The van der Waals surface area contributed by atoms with Gasteiger partial charge in [0.25, 0.3) is 5.69 Å². The Bertz CT molecular complexity index is 366. The summed E-state index contributed by atoms with van der Waals surface area (Å²) in [5.74, 6) is 0. The van der Waals surface area contributed by atoms with Gasteiger partial charge in [0, 0.05) is 12.1 Å². The van der Waals surface area contributed by atoms with Gasteiger partial charge in [-0.3, -0.25) is 20.4 Å². The van der Waals surface area contributed by atoms with Crippen molar-refractivity contribution < 1.29 is 9.76 Å². The van der Waals surface area contributed by atoms with Crippen molar-refractivity contribution in [2.24, 2.45) is 0 Å². The number of unbranched alkanes of at least 4 members (excludes halogenated alkanes) is 1. The van der Waals surface area contributed by atoms with Crippen LogP contribution in [0.5, 0.6) is 0 Å². The van der Waals surface area contributed by atoms with Gasteiger partial charge in [0.05, 0.1) is 17.2 Å². The fraction of sp³-hybridized carbons (Fsp3) is 0.455. The number of anilines is 1. The molecule has 0 atom stereocenters. The molecule has 0 radical (unpaired) electrons. The number of rotatable bonds is 6. The molecular formula is C11H16N2O3. The smallest absolute Gasteiger partial charge is 0.269 e. The zero-order valence-corrected chi connectivity index (χ0v) is 9.53. The molecule has 16 heavy (non-hydrogen) atoms. The van der Waals surface area contributed by atoms with Crippen LogP contribution < -0.4 is 5.48 Å². The van der Waals surface area contributed by atoms with Crippen LogP contribution in [-0.4, -0.2) is 11.5 Å². The zero-order chi connectivity index (χ0) is 12.0. The van der Waals surface area contributed by atoms with Crippen molar-refractivity contribution in [2.45, 2.75) is 26.7 Å². The molecule has 0 spiro atoms. The molecule has 0 aromatic heterocycles. The normalized spacial score (nSPS) is 10.1. The Balaban J connectivity index is 2.57. The molecule has 5 nitrogen and oxygen atoms in total. The van der Waals surface area contributed by atoms with Crippen molar-refractivity contribution >= 4 is 11.4 Å². The second-order valence-corrected chi connectivity index (χ2v) is 3.56. The van der Waals surface area contributed by atoms with Crippen LogP contribution in [0.1, 0.15) is 25.3 Å². The number of aryl methyl sites for hydroxylation is 1. The van der Waals surface area contributed by atoms with Gasteiger partial charge in [-0.25, -0.2) is 0 Å². The number of benzene rings is 1. The Morgan fingerprint density at radius 1 is 1.50 bits per heavy atom. The first kappa shape index (κ1) is 12.4. The van der Waals surface area contributed by atoms with E-state index in [1.807, 2.05) is 0 Å². The number of nitro benzene ring substituents is 1. The number of nitrogens with zero attached hydrogens (tertiary/aromatic N) is 1. The lowest BCUT2D eigenvalue weighted by molar-refractivity contribution is -0.384. The molecule has 0 amide bonds. The summed E-state index contributed by atoms with van der Waals surface area (Å²) in [6.45, 7) is 4.52. The lowest BCUT2D eigenvalue weighted by Crippen LogP contribution is -2.04. The van der Waals surface area contributed by atoms with Gasteiger partial charge < -0.3 is 0 Å². The SMILES string of the molecule is CCCCONc1ccc([N+](=O)[O-])cc1C. The fourth-order valence-electron chi connectivity index (χ4n) is 1.22. The van der Waals surface area contributed by atoms with Gasteiger partial charge in [-0.05, 0) is 25.0 Å². The molecule has 0 aliphatic rings. The van der Waals surface area contributed by atoms with Gasteiger partial charge in [0.2, 0.25) is 0 Å². The van der Waals surface area contributed by atoms with Gasteiger partial charge >= 0.3 is 0 Å². The van der Waals surface area contributed by atoms with Crippen molar-refractivity contribution in [3.63, 3.8) is 0 Å². The van der Waals surface area contributed by atoms with Crippen molar-refractivity contribution in [1.82, 2.24) is 0 Å². The predicted molar refractivity (Wildman–Crippen MR) is 62.3 cm³/mol. The third-order valence-corrected chi connectivity index (χ3v) is 2.20. The molecule has 1 aromatic rings. The molecule has 5 heteroatoms. The molecular weight excluding hydrogens is 208 g/mol. The summed E-state index contributed by atoms with van der Waals surface area (Å²) in [5, 5.41) is 10.5. The maximum atomic E-state index is 10.5. The Morgan fingerprint density at radius 2 is 2.25 bits per heavy atom. The van der Waals surface area contributed by atoms with E-state index in [9.17, 15) is 10.1 Å². The molecule has 0 fully saturated rings. The van der Waals surface area contributed by atoms with Gasteiger partial charge in [0.15, 0.2) is 0 Å². The van der Waals surface area contributed by atoms with Crippen LogP contribution in [-0.2, 0) is 4.84 Å². The maximum absolute atomic E-state index is 10.5. The lowest BCUT2D eigenvalue weighted by Gasteiger charge is -2.08. The standard InChI is InChI=1S/C11H16N2O3/c1-3-4-7-16-12-11-6-5-10(13(14)15)8-9(11)2/h5-6,8,12H,3-4,7H2,1-2H3. The summed E-state index contributed by atoms with van der Waals surface area (Å²) >= 11 is 0. The summed E-state index contributed by atoms with van der Waals surface area (Å²) < 4.78 is 0. The number of hydrogen-bond acceptors (Lipinski definition) is 4. The monoisotopic (exact) mass is 224 g/mol. The largest absolute Gasteiger partial charge is 0.276 e. The van der Waals surface area contributed by atoms with Crippen LogP contribution >= 0.6 is 0 Å². The van der Waals surface area contributed by atoms with E-state index in [1.54, 1.807) is 13.0 Å². The summed E-state index contributed by atoms with van der Waals surface area (Å²) in [7, 11) is 0.